The molecule has 0 spiro atoms. The summed E-state index contributed by atoms with van der Waals surface area (Å²) in [7, 11) is 3.14. The summed E-state index contributed by atoms with van der Waals surface area (Å²) < 4.78 is 16.0. The van der Waals surface area contributed by atoms with Crippen LogP contribution in [0.15, 0.2) is 48.5 Å². The van der Waals surface area contributed by atoms with Crippen molar-refractivity contribution in [2.75, 3.05) is 25.7 Å². The van der Waals surface area contributed by atoms with Gasteiger partial charge in [-0.25, -0.2) is 4.79 Å². The molecule has 7 heteroatoms. The Hall–Kier alpha value is -2.99. The summed E-state index contributed by atoms with van der Waals surface area (Å²) in [4.78, 5) is 26.0. The molecule has 2 aromatic carbocycles. The third-order valence-electron chi connectivity index (χ3n) is 4.07. The first-order valence-electron chi connectivity index (χ1n) is 9.09. The molecule has 0 unspecified atom stereocenters. The van der Waals surface area contributed by atoms with Crippen LogP contribution < -0.4 is 14.4 Å². The van der Waals surface area contributed by atoms with Gasteiger partial charge in [-0.2, -0.15) is 0 Å². The second-order valence-corrected chi connectivity index (χ2v) is 6.52. The quantitative estimate of drug-likeness (QED) is 0.471. The van der Waals surface area contributed by atoms with E-state index in [9.17, 15) is 9.59 Å². The van der Waals surface area contributed by atoms with E-state index >= 15 is 0 Å². The SMILES string of the molecule is CCOc1c(Cl)cc(/C=C/C(=O)O[C@H](C)C(=O)N(C)c2ccccc2)cc1OC. The molecule has 0 aliphatic carbocycles. The summed E-state index contributed by atoms with van der Waals surface area (Å²) in [6.45, 7) is 3.82. The number of carbonyl (C=O) groups excluding carboxylic acids is 2. The molecule has 0 aliphatic rings. The maximum atomic E-state index is 12.5. The van der Waals surface area contributed by atoms with Crippen molar-refractivity contribution in [1.29, 1.82) is 0 Å². The van der Waals surface area contributed by atoms with Crippen LogP contribution in [-0.2, 0) is 14.3 Å². The molecule has 0 heterocycles. The maximum Gasteiger partial charge on any atom is 0.331 e. The Labute approximate surface area is 175 Å². The minimum atomic E-state index is -0.934. The van der Waals surface area contributed by atoms with Crippen LogP contribution in [0, 0.1) is 0 Å². The van der Waals surface area contributed by atoms with E-state index in [1.54, 1.807) is 31.3 Å². The van der Waals surface area contributed by atoms with E-state index in [0.717, 1.165) is 0 Å². The van der Waals surface area contributed by atoms with Gasteiger partial charge in [0.1, 0.15) is 0 Å². The van der Waals surface area contributed by atoms with Gasteiger partial charge >= 0.3 is 5.97 Å². The first-order valence-corrected chi connectivity index (χ1v) is 9.46. The fraction of sp³-hybridized carbons (Fsp3) is 0.273. The fourth-order valence-electron chi connectivity index (χ4n) is 2.60. The number of carbonyl (C=O) groups is 2. The lowest BCUT2D eigenvalue weighted by Crippen LogP contribution is -2.37. The zero-order valence-corrected chi connectivity index (χ0v) is 17.6. The molecule has 2 rings (SSSR count). The van der Waals surface area contributed by atoms with Crippen molar-refractivity contribution in [3.8, 4) is 11.5 Å². The summed E-state index contributed by atoms with van der Waals surface area (Å²) in [6, 6.07) is 12.5. The largest absolute Gasteiger partial charge is 0.493 e. The molecule has 1 atom stereocenters. The van der Waals surface area contributed by atoms with Crippen LogP contribution in [0.2, 0.25) is 5.02 Å². The van der Waals surface area contributed by atoms with Crippen molar-refractivity contribution in [3.05, 3.63) is 59.1 Å². The van der Waals surface area contributed by atoms with E-state index in [2.05, 4.69) is 0 Å². The Morgan fingerprint density at radius 2 is 1.90 bits per heavy atom. The number of rotatable bonds is 8. The van der Waals surface area contributed by atoms with E-state index in [0.29, 0.717) is 34.4 Å². The number of hydrogen-bond acceptors (Lipinski definition) is 5. The van der Waals surface area contributed by atoms with Crippen molar-refractivity contribution in [2.45, 2.75) is 20.0 Å². The number of benzene rings is 2. The minimum absolute atomic E-state index is 0.330. The van der Waals surface area contributed by atoms with Gasteiger partial charge in [0.15, 0.2) is 17.6 Å². The van der Waals surface area contributed by atoms with Gasteiger partial charge in [0.05, 0.1) is 18.7 Å². The molecule has 0 fully saturated rings. The van der Waals surface area contributed by atoms with Crippen LogP contribution in [0.3, 0.4) is 0 Å². The lowest BCUT2D eigenvalue weighted by molar-refractivity contribution is -0.148. The average molecular weight is 418 g/mol. The molecular formula is C22H24ClNO5. The zero-order valence-electron chi connectivity index (χ0n) is 16.8. The number of nitrogens with zero attached hydrogens (tertiary/aromatic N) is 1. The van der Waals surface area contributed by atoms with Gasteiger partial charge in [0.25, 0.3) is 5.91 Å². The molecule has 0 aliphatic heterocycles. The van der Waals surface area contributed by atoms with Crippen molar-refractivity contribution >= 4 is 35.2 Å². The number of para-hydroxylation sites is 1. The summed E-state index contributed by atoms with van der Waals surface area (Å²) >= 11 is 6.22. The normalized spacial score (nSPS) is 11.8. The van der Waals surface area contributed by atoms with Gasteiger partial charge in [0, 0.05) is 18.8 Å². The number of methoxy groups -OCH3 is 1. The molecule has 0 saturated heterocycles. The summed E-state index contributed by atoms with van der Waals surface area (Å²) in [5.41, 5.74) is 1.35. The smallest absolute Gasteiger partial charge is 0.331 e. The van der Waals surface area contributed by atoms with Crippen LogP contribution in [0.5, 0.6) is 11.5 Å². The van der Waals surface area contributed by atoms with Crippen LogP contribution in [0.25, 0.3) is 6.08 Å². The Balaban J connectivity index is 2.03. The van der Waals surface area contributed by atoms with Gasteiger partial charge in [-0.3, -0.25) is 4.79 Å². The highest BCUT2D eigenvalue weighted by Crippen LogP contribution is 2.36. The van der Waals surface area contributed by atoms with Gasteiger partial charge in [-0.05, 0) is 49.8 Å². The number of halogens is 1. The predicted molar refractivity (Wildman–Crippen MR) is 114 cm³/mol. The third-order valence-corrected chi connectivity index (χ3v) is 4.35. The predicted octanol–water partition coefficient (Wildman–Crippen LogP) is 4.36. The van der Waals surface area contributed by atoms with Gasteiger partial charge < -0.3 is 19.1 Å². The molecular weight excluding hydrogens is 394 g/mol. The minimum Gasteiger partial charge on any atom is -0.493 e. The van der Waals surface area contributed by atoms with Crippen LogP contribution in [0.1, 0.15) is 19.4 Å². The highest BCUT2D eigenvalue weighted by molar-refractivity contribution is 6.32. The molecule has 6 nitrogen and oxygen atoms in total. The van der Waals surface area contributed by atoms with E-state index in [4.69, 9.17) is 25.8 Å². The molecule has 0 radical (unpaired) electrons. The lowest BCUT2D eigenvalue weighted by atomic mass is 10.2. The number of anilines is 1. The van der Waals surface area contributed by atoms with Gasteiger partial charge in [-0.1, -0.05) is 29.8 Å². The van der Waals surface area contributed by atoms with Crippen LogP contribution >= 0.6 is 11.6 Å². The van der Waals surface area contributed by atoms with E-state index in [1.807, 2.05) is 25.1 Å². The highest BCUT2D eigenvalue weighted by Gasteiger charge is 2.21. The first-order chi connectivity index (χ1) is 13.9. The van der Waals surface area contributed by atoms with Gasteiger partial charge in [-0.15, -0.1) is 0 Å². The summed E-state index contributed by atoms with van der Waals surface area (Å²) in [6.07, 6.45) is 1.83. The molecule has 0 bridgehead atoms. The van der Waals surface area contributed by atoms with Crippen LogP contribution in [0.4, 0.5) is 5.69 Å². The molecule has 0 saturated carbocycles. The topological polar surface area (TPSA) is 65.1 Å². The Morgan fingerprint density at radius 1 is 1.21 bits per heavy atom. The molecule has 0 aromatic heterocycles. The maximum absolute atomic E-state index is 12.5. The second kappa shape index (κ2) is 10.5. The van der Waals surface area contributed by atoms with Gasteiger partial charge in [0.2, 0.25) is 0 Å². The van der Waals surface area contributed by atoms with Crippen molar-refractivity contribution < 1.29 is 23.8 Å². The third kappa shape index (κ3) is 5.99. The molecule has 1 amide bonds. The number of ether oxygens (including phenoxy) is 3. The molecule has 0 N–H and O–H groups in total. The van der Waals surface area contributed by atoms with E-state index < -0.39 is 12.1 Å². The fourth-order valence-corrected chi connectivity index (χ4v) is 2.87. The van der Waals surface area contributed by atoms with Crippen LogP contribution in [-0.4, -0.2) is 38.7 Å². The zero-order chi connectivity index (χ0) is 21.4. The van der Waals surface area contributed by atoms with E-state index in [-0.39, 0.29) is 5.91 Å². The van der Waals surface area contributed by atoms with Crippen molar-refractivity contribution in [2.24, 2.45) is 0 Å². The standard InChI is InChI=1S/C22H24ClNO5/c1-5-28-21-18(23)13-16(14-19(21)27-4)11-12-20(25)29-15(2)22(26)24(3)17-9-7-6-8-10-17/h6-15H,5H2,1-4H3/b12-11+/t15-/m1/s1. The van der Waals surface area contributed by atoms with Crippen molar-refractivity contribution in [3.63, 3.8) is 0 Å². The Bertz CT molecular complexity index is 882. The molecule has 29 heavy (non-hydrogen) atoms. The monoisotopic (exact) mass is 417 g/mol. The second-order valence-electron chi connectivity index (χ2n) is 6.11. The number of amides is 1. The summed E-state index contributed by atoms with van der Waals surface area (Å²) in [5.74, 6) is -0.0695. The lowest BCUT2D eigenvalue weighted by Gasteiger charge is -2.21. The molecule has 2 aromatic rings. The van der Waals surface area contributed by atoms with E-state index in [1.165, 1.54) is 31.1 Å². The highest BCUT2D eigenvalue weighted by atomic mass is 35.5. The summed E-state index contributed by atoms with van der Waals surface area (Å²) in [5, 5.41) is 0.368. The Morgan fingerprint density at radius 3 is 2.52 bits per heavy atom. The average Bonchev–Trinajstić information content (AvgIpc) is 2.73. The first kappa shape index (κ1) is 22.3. The number of hydrogen-bond donors (Lipinski definition) is 0. The number of likely N-dealkylation sites (N-methyl/N-ethyl adjacent to an activating group) is 1. The molecule has 154 valence electrons. The Kier molecular flexibility index (Phi) is 8.09. The van der Waals surface area contributed by atoms with Crippen molar-refractivity contribution in [1.82, 2.24) is 0 Å². The number of esters is 1.